The molecule has 0 aromatic carbocycles. The van der Waals surface area contributed by atoms with Crippen LogP contribution in [0.2, 0.25) is 0 Å². The summed E-state index contributed by atoms with van der Waals surface area (Å²) in [5, 5.41) is 13.1. The van der Waals surface area contributed by atoms with Gasteiger partial charge >= 0.3 is 0 Å². The lowest BCUT2D eigenvalue weighted by Gasteiger charge is -2.58. The number of allylic oxidation sites excluding steroid dienone is 4. The van der Waals surface area contributed by atoms with Crippen LogP contribution in [0.3, 0.4) is 0 Å². The summed E-state index contributed by atoms with van der Waals surface area (Å²) in [6, 6.07) is 0. The average Bonchev–Trinajstić information content (AvgIpc) is 3.05. The predicted molar refractivity (Wildman–Crippen MR) is 106 cm³/mol. The van der Waals surface area contributed by atoms with E-state index in [4.69, 9.17) is 0 Å². The van der Waals surface area contributed by atoms with Gasteiger partial charge in [-0.25, -0.2) is 0 Å². The molecular formula is C22H30N2O3. The van der Waals surface area contributed by atoms with Gasteiger partial charge in [-0.15, -0.1) is 0 Å². The molecule has 0 aliphatic heterocycles. The maximum atomic E-state index is 12.4. The van der Waals surface area contributed by atoms with E-state index in [0.29, 0.717) is 30.6 Å². The number of ketones is 1. The Labute approximate surface area is 161 Å². The summed E-state index contributed by atoms with van der Waals surface area (Å²) >= 11 is 0. The third-order valence-corrected chi connectivity index (χ3v) is 8.28. The number of aliphatic hydroxyl groups excluding tert-OH is 1. The third kappa shape index (κ3) is 2.47. The lowest BCUT2D eigenvalue weighted by atomic mass is 9.46. The quantitative estimate of drug-likeness (QED) is 0.769. The summed E-state index contributed by atoms with van der Waals surface area (Å²) in [4.78, 5) is 28.9. The smallest absolute Gasteiger partial charge is 0.163 e. The van der Waals surface area contributed by atoms with Crippen LogP contribution >= 0.6 is 0 Å². The van der Waals surface area contributed by atoms with Gasteiger partial charge in [0.1, 0.15) is 12.1 Å². The summed E-state index contributed by atoms with van der Waals surface area (Å²) in [5.41, 5.74) is 1.66. The van der Waals surface area contributed by atoms with E-state index in [1.807, 2.05) is 7.05 Å². The Kier molecular flexibility index (Phi) is 4.49. The molecule has 0 radical (unpaired) electrons. The van der Waals surface area contributed by atoms with Crippen LogP contribution in [0, 0.1) is 39.9 Å². The van der Waals surface area contributed by atoms with Gasteiger partial charge in [0.15, 0.2) is 5.78 Å². The monoisotopic (exact) mass is 370 g/mol. The number of carbonyl (C=O) groups excluding carboxylic acids is 1. The Balaban J connectivity index is 1.74. The molecule has 7 atom stereocenters. The highest BCUT2D eigenvalue weighted by Crippen LogP contribution is 2.65. The number of carbonyl (C=O) groups is 1. The van der Waals surface area contributed by atoms with Gasteiger partial charge in [-0.3, -0.25) is 9.79 Å². The molecule has 3 fully saturated rings. The molecule has 0 aromatic rings. The molecule has 0 saturated heterocycles. The number of nitroso groups, excluding NO2 is 1. The van der Waals surface area contributed by atoms with Gasteiger partial charge in [-0.05, 0) is 67.9 Å². The van der Waals surface area contributed by atoms with Crippen molar-refractivity contribution in [3.05, 3.63) is 28.7 Å². The van der Waals surface area contributed by atoms with Gasteiger partial charge in [0.05, 0.1) is 5.71 Å². The summed E-state index contributed by atoms with van der Waals surface area (Å²) in [6.45, 7) is 4.08. The molecule has 0 bridgehead atoms. The first kappa shape index (κ1) is 18.7. The molecule has 3 saturated carbocycles. The Bertz CT molecular complexity index is 755. The fraction of sp³-hybridized carbons (Fsp3) is 0.727. The highest BCUT2D eigenvalue weighted by Gasteiger charge is 2.64. The average molecular weight is 370 g/mol. The molecule has 0 spiro atoms. The number of aliphatic imine (C=N–C) groups is 1. The molecule has 0 amide bonds. The number of hydrogen-bond donors (Lipinski definition) is 1. The zero-order valence-electron chi connectivity index (χ0n) is 16.5. The van der Waals surface area contributed by atoms with Crippen LogP contribution in [0.25, 0.3) is 0 Å². The molecule has 5 heteroatoms. The number of nitrogens with zero attached hydrogens (tertiary/aromatic N) is 2. The van der Waals surface area contributed by atoms with Crippen LogP contribution in [0.1, 0.15) is 46.0 Å². The van der Waals surface area contributed by atoms with Crippen molar-refractivity contribution < 1.29 is 9.90 Å². The van der Waals surface area contributed by atoms with Crippen LogP contribution in [0.4, 0.5) is 0 Å². The minimum absolute atomic E-state index is 0.00928. The van der Waals surface area contributed by atoms with Crippen molar-refractivity contribution in [3.8, 4) is 0 Å². The largest absolute Gasteiger partial charge is 0.389 e. The van der Waals surface area contributed by atoms with E-state index in [2.05, 4.69) is 42.2 Å². The van der Waals surface area contributed by atoms with E-state index in [0.717, 1.165) is 25.0 Å². The van der Waals surface area contributed by atoms with E-state index in [1.54, 1.807) is 0 Å². The maximum Gasteiger partial charge on any atom is 0.163 e. The van der Waals surface area contributed by atoms with Crippen molar-refractivity contribution in [1.82, 2.24) is 0 Å². The van der Waals surface area contributed by atoms with Gasteiger partial charge in [-0.2, -0.15) is 4.91 Å². The number of hydrogen-bond acceptors (Lipinski definition) is 5. The molecule has 4 aliphatic carbocycles. The highest BCUT2D eigenvalue weighted by molar-refractivity contribution is 6.05. The van der Waals surface area contributed by atoms with Gasteiger partial charge < -0.3 is 5.11 Å². The Hall–Kier alpha value is -1.62. The molecule has 0 heterocycles. The minimum atomic E-state index is -0.813. The second kappa shape index (κ2) is 6.47. The van der Waals surface area contributed by atoms with E-state index in [9.17, 15) is 14.8 Å². The van der Waals surface area contributed by atoms with Gasteiger partial charge in [0.25, 0.3) is 0 Å². The Morgan fingerprint density at radius 3 is 2.78 bits per heavy atom. The standard InChI is InChI=1S/C22H30N2O3/c1-13-11-22(24-27)17(6-7-18(22)19(26)12-25)16-5-4-14-10-15(23-3)8-9-21(14,2)20(13)16/h8-10,13,16-18,20,25H,4-7,11-12H2,1-3H3/b23-15+/t13?,16?,17?,18?,20?,21?,22-/m1/s1. The fourth-order valence-electron chi connectivity index (χ4n) is 7.31. The molecule has 5 nitrogen and oxygen atoms in total. The van der Waals surface area contributed by atoms with Crippen molar-refractivity contribution in [2.45, 2.75) is 51.5 Å². The second-order valence-electron chi connectivity index (χ2n) is 9.29. The van der Waals surface area contributed by atoms with Crippen LogP contribution in [0.15, 0.2) is 34.0 Å². The summed E-state index contributed by atoms with van der Waals surface area (Å²) in [7, 11) is 1.83. The first-order chi connectivity index (χ1) is 12.9. The van der Waals surface area contributed by atoms with Crippen LogP contribution in [0.5, 0.6) is 0 Å². The van der Waals surface area contributed by atoms with Gasteiger partial charge in [0.2, 0.25) is 0 Å². The topological polar surface area (TPSA) is 79.1 Å². The third-order valence-electron chi connectivity index (χ3n) is 8.28. The molecular weight excluding hydrogens is 340 g/mol. The van der Waals surface area contributed by atoms with Crippen molar-refractivity contribution in [1.29, 1.82) is 0 Å². The van der Waals surface area contributed by atoms with Gasteiger partial charge in [-0.1, -0.05) is 30.7 Å². The lowest BCUT2D eigenvalue weighted by molar-refractivity contribution is -0.129. The Morgan fingerprint density at radius 2 is 2.11 bits per heavy atom. The van der Waals surface area contributed by atoms with Gasteiger partial charge in [0, 0.05) is 18.4 Å². The first-order valence-electron chi connectivity index (χ1n) is 10.3. The number of Topliss-reactive ketones (excluding diaryl/α,β-unsaturated/α-hetero) is 1. The van der Waals surface area contributed by atoms with Crippen LogP contribution < -0.4 is 0 Å². The zero-order valence-corrected chi connectivity index (χ0v) is 16.5. The maximum absolute atomic E-state index is 12.4. The normalized spacial score (nSPS) is 47.0. The highest BCUT2D eigenvalue weighted by atomic mass is 16.3. The van der Waals surface area contributed by atoms with E-state index < -0.39 is 18.1 Å². The molecule has 146 valence electrons. The zero-order chi connectivity index (χ0) is 19.4. The van der Waals surface area contributed by atoms with Crippen LogP contribution in [-0.4, -0.2) is 35.8 Å². The lowest BCUT2D eigenvalue weighted by Crippen LogP contribution is -2.57. The molecule has 4 aliphatic rings. The van der Waals surface area contributed by atoms with E-state index in [1.165, 1.54) is 5.57 Å². The van der Waals surface area contributed by atoms with Crippen molar-refractivity contribution in [2.24, 2.45) is 45.2 Å². The predicted octanol–water partition coefficient (Wildman–Crippen LogP) is 3.72. The number of aliphatic hydroxyl groups is 1. The molecule has 27 heavy (non-hydrogen) atoms. The summed E-state index contributed by atoms with van der Waals surface area (Å²) in [5.74, 6) is 0.703. The fourth-order valence-corrected chi connectivity index (χ4v) is 7.31. The van der Waals surface area contributed by atoms with Crippen molar-refractivity contribution >= 4 is 11.5 Å². The van der Waals surface area contributed by atoms with E-state index in [-0.39, 0.29) is 17.1 Å². The minimum Gasteiger partial charge on any atom is -0.389 e. The first-order valence-corrected chi connectivity index (χ1v) is 10.3. The molecule has 1 N–H and O–H groups in total. The van der Waals surface area contributed by atoms with Crippen LogP contribution in [-0.2, 0) is 4.79 Å². The second-order valence-corrected chi connectivity index (χ2v) is 9.29. The number of rotatable bonds is 3. The molecule has 4 rings (SSSR count). The number of fused-ring (bicyclic) bond motifs is 5. The van der Waals surface area contributed by atoms with Crippen molar-refractivity contribution in [2.75, 3.05) is 13.7 Å². The molecule has 0 aromatic heterocycles. The SMILES string of the molecule is C/N=C1\C=CC2(C)C(=C1)CCC1C2C(C)C[C@]2(N=O)C(C(=O)CO)CCC12. The summed E-state index contributed by atoms with van der Waals surface area (Å²) < 4.78 is 0. The summed E-state index contributed by atoms with van der Waals surface area (Å²) in [6.07, 6.45) is 11.0. The Morgan fingerprint density at radius 1 is 1.33 bits per heavy atom. The van der Waals surface area contributed by atoms with Crippen molar-refractivity contribution in [3.63, 3.8) is 0 Å². The molecule has 6 unspecified atom stereocenters. The van der Waals surface area contributed by atoms with E-state index >= 15 is 0 Å².